The lowest BCUT2D eigenvalue weighted by atomic mass is 10.0. The first-order chi connectivity index (χ1) is 13.4. The minimum atomic E-state index is 0.533. The van der Waals surface area contributed by atoms with Gasteiger partial charge >= 0.3 is 0 Å². The van der Waals surface area contributed by atoms with Gasteiger partial charge in [-0.05, 0) is 70.8 Å². The summed E-state index contributed by atoms with van der Waals surface area (Å²) >= 11 is 0. The maximum Gasteiger partial charge on any atom is 0.0361 e. The smallest absolute Gasteiger partial charge is 0.0361 e. The highest BCUT2D eigenvalue weighted by Gasteiger charge is 2.14. The van der Waals surface area contributed by atoms with Crippen molar-refractivity contribution in [3.8, 4) is 11.1 Å². The second-order valence-electron chi connectivity index (χ2n) is 8.09. The van der Waals surface area contributed by atoms with E-state index in [0.29, 0.717) is 5.92 Å². The topological polar surface area (TPSA) is 3.24 Å². The van der Waals surface area contributed by atoms with Crippen molar-refractivity contribution in [1.82, 2.24) is 0 Å². The van der Waals surface area contributed by atoms with E-state index >= 15 is 0 Å². The maximum atomic E-state index is 2.36. The highest BCUT2D eigenvalue weighted by atomic mass is 15.1. The van der Waals surface area contributed by atoms with Crippen molar-refractivity contribution in [3.63, 3.8) is 0 Å². The van der Waals surface area contributed by atoms with Crippen LogP contribution in [-0.4, -0.2) is 14.1 Å². The summed E-state index contributed by atoms with van der Waals surface area (Å²) in [5.41, 5.74) is 10.5. The van der Waals surface area contributed by atoms with Crippen LogP contribution in [0.5, 0.6) is 0 Å². The molecule has 0 atom stereocenters. The number of hydrogen-bond acceptors (Lipinski definition) is 1. The van der Waals surface area contributed by atoms with Crippen molar-refractivity contribution in [1.29, 1.82) is 0 Å². The Balaban J connectivity index is 1.85. The molecule has 0 unspecified atom stereocenters. The van der Waals surface area contributed by atoms with Gasteiger partial charge in [0, 0.05) is 19.8 Å². The lowest BCUT2D eigenvalue weighted by molar-refractivity contribution is 0.868. The van der Waals surface area contributed by atoms with Crippen molar-refractivity contribution in [3.05, 3.63) is 88.5 Å². The summed E-state index contributed by atoms with van der Waals surface area (Å²) in [7, 11) is 4.12. The van der Waals surface area contributed by atoms with Crippen LogP contribution in [0.4, 0.5) is 5.69 Å². The molecule has 2 aliphatic rings. The van der Waals surface area contributed by atoms with Gasteiger partial charge in [-0.2, -0.15) is 0 Å². The molecule has 0 amide bonds. The first-order valence-electron chi connectivity index (χ1n) is 10.0. The Labute approximate surface area is 170 Å². The molecule has 2 aliphatic carbocycles. The van der Waals surface area contributed by atoms with Gasteiger partial charge < -0.3 is 4.90 Å². The zero-order valence-electron chi connectivity index (χ0n) is 18.0. The fourth-order valence-corrected chi connectivity index (χ4v) is 3.58. The van der Waals surface area contributed by atoms with Gasteiger partial charge in [-0.15, -0.1) is 0 Å². The Morgan fingerprint density at radius 1 is 0.786 bits per heavy atom. The molecule has 0 bridgehead atoms. The standard InChI is InChI=1S/C27H31N/c1-19(2)23-14-11-20(3)27-24(17-21(4)26(27)18-23)10-8-7-9-22-12-15-25(16-13-22)28(5)6/h7-19H,1-6H3/b9-7+,10-8+. The Morgan fingerprint density at radius 3 is 2.11 bits per heavy atom. The molecule has 0 N–H and O–H groups in total. The zero-order chi connectivity index (χ0) is 20.3. The third-order valence-corrected chi connectivity index (χ3v) is 5.34. The Bertz CT molecular complexity index is 972. The van der Waals surface area contributed by atoms with Crippen LogP contribution in [0.25, 0.3) is 23.3 Å². The minimum Gasteiger partial charge on any atom is -0.378 e. The monoisotopic (exact) mass is 369 g/mol. The largest absolute Gasteiger partial charge is 0.378 e. The number of aryl methyl sites for hydroxylation is 2. The Kier molecular flexibility index (Phi) is 6.04. The SMILES string of the molecule is Cc1cc(/C=C/C=C/c2ccc(N(C)C)cc2)c2c(C)ccc(C(C)C)cc1-2. The highest BCUT2D eigenvalue weighted by molar-refractivity contribution is 5.84. The van der Waals surface area contributed by atoms with Crippen LogP contribution in [0, 0.1) is 13.8 Å². The number of benzene rings is 1. The number of anilines is 1. The van der Waals surface area contributed by atoms with Crippen molar-refractivity contribution >= 4 is 17.8 Å². The average Bonchev–Trinajstić information content (AvgIpc) is 2.85. The molecule has 0 saturated heterocycles. The summed E-state index contributed by atoms with van der Waals surface area (Å²) in [6.45, 7) is 8.94. The van der Waals surface area contributed by atoms with Crippen LogP contribution >= 0.6 is 0 Å². The first kappa shape index (κ1) is 19.9. The van der Waals surface area contributed by atoms with Gasteiger partial charge in [0.2, 0.25) is 0 Å². The lowest BCUT2D eigenvalue weighted by Gasteiger charge is -2.11. The predicted octanol–water partition coefficient (Wildman–Crippen LogP) is 7.32. The minimum absolute atomic E-state index is 0.533. The molecule has 1 heteroatoms. The molecule has 0 fully saturated rings. The molecule has 0 aromatic heterocycles. The van der Waals surface area contributed by atoms with E-state index in [1.807, 2.05) is 0 Å². The normalized spacial score (nSPS) is 12.0. The third-order valence-electron chi connectivity index (χ3n) is 5.34. The number of hydrogen-bond donors (Lipinski definition) is 0. The molecule has 0 aliphatic heterocycles. The van der Waals surface area contributed by atoms with Crippen LogP contribution in [-0.2, 0) is 0 Å². The summed E-state index contributed by atoms with van der Waals surface area (Å²) < 4.78 is 0. The number of nitrogens with zero attached hydrogens (tertiary/aromatic N) is 1. The molecule has 0 spiro atoms. The van der Waals surface area contributed by atoms with E-state index in [-0.39, 0.29) is 0 Å². The van der Waals surface area contributed by atoms with E-state index < -0.39 is 0 Å². The fraction of sp³-hybridized carbons (Fsp3) is 0.259. The molecule has 1 aromatic carbocycles. The predicted molar refractivity (Wildman–Crippen MR) is 125 cm³/mol. The Hall–Kier alpha value is -2.80. The van der Waals surface area contributed by atoms with E-state index in [4.69, 9.17) is 0 Å². The maximum absolute atomic E-state index is 2.36. The van der Waals surface area contributed by atoms with Gasteiger partial charge in [0.05, 0.1) is 0 Å². The number of fused-ring (bicyclic) bond motifs is 1. The quantitative estimate of drug-likeness (QED) is 0.426. The molecule has 28 heavy (non-hydrogen) atoms. The number of rotatable bonds is 5. The summed E-state index contributed by atoms with van der Waals surface area (Å²) in [6.07, 6.45) is 8.64. The van der Waals surface area contributed by atoms with E-state index in [0.717, 1.165) is 0 Å². The van der Waals surface area contributed by atoms with Gasteiger partial charge in [0.25, 0.3) is 0 Å². The van der Waals surface area contributed by atoms with Crippen LogP contribution in [0.1, 0.15) is 47.6 Å². The van der Waals surface area contributed by atoms with Gasteiger partial charge in [-0.25, -0.2) is 0 Å². The van der Waals surface area contributed by atoms with E-state index in [1.165, 1.54) is 44.6 Å². The summed E-state index contributed by atoms with van der Waals surface area (Å²) in [5, 5.41) is 0. The summed E-state index contributed by atoms with van der Waals surface area (Å²) in [4.78, 5) is 2.11. The molecule has 3 rings (SSSR count). The summed E-state index contributed by atoms with van der Waals surface area (Å²) in [5.74, 6) is 0.533. The molecular formula is C27H31N. The lowest BCUT2D eigenvalue weighted by Crippen LogP contribution is -2.07. The van der Waals surface area contributed by atoms with Crippen LogP contribution in [0.2, 0.25) is 0 Å². The van der Waals surface area contributed by atoms with E-state index in [9.17, 15) is 0 Å². The van der Waals surface area contributed by atoms with Crippen molar-refractivity contribution in [2.24, 2.45) is 0 Å². The highest BCUT2D eigenvalue weighted by Crippen LogP contribution is 2.36. The van der Waals surface area contributed by atoms with E-state index in [1.54, 1.807) is 0 Å². The first-order valence-corrected chi connectivity index (χ1v) is 10.0. The Morgan fingerprint density at radius 2 is 1.46 bits per heavy atom. The second kappa shape index (κ2) is 8.48. The van der Waals surface area contributed by atoms with Crippen LogP contribution in [0.15, 0.2) is 60.7 Å². The molecule has 0 heterocycles. The average molecular weight is 370 g/mol. The van der Waals surface area contributed by atoms with Gasteiger partial charge in [-0.3, -0.25) is 0 Å². The molecule has 0 saturated carbocycles. The zero-order valence-corrected chi connectivity index (χ0v) is 18.0. The molecule has 1 aromatic rings. The molecular weight excluding hydrogens is 338 g/mol. The summed E-state index contributed by atoms with van der Waals surface area (Å²) in [6, 6.07) is 17.8. The van der Waals surface area contributed by atoms with E-state index in [2.05, 4.69) is 120 Å². The molecule has 144 valence electrons. The van der Waals surface area contributed by atoms with Crippen LogP contribution < -0.4 is 4.90 Å². The van der Waals surface area contributed by atoms with Crippen molar-refractivity contribution in [2.75, 3.05) is 19.0 Å². The molecule has 0 radical (unpaired) electrons. The molecule has 1 nitrogen and oxygen atoms in total. The van der Waals surface area contributed by atoms with Gasteiger partial charge in [0.1, 0.15) is 0 Å². The third kappa shape index (κ3) is 4.36. The fourth-order valence-electron chi connectivity index (χ4n) is 3.58. The van der Waals surface area contributed by atoms with Crippen molar-refractivity contribution in [2.45, 2.75) is 33.6 Å². The van der Waals surface area contributed by atoms with Gasteiger partial charge in [-0.1, -0.05) is 74.5 Å². The number of allylic oxidation sites excluding steroid dienone is 2. The van der Waals surface area contributed by atoms with Crippen LogP contribution in [0.3, 0.4) is 0 Å². The van der Waals surface area contributed by atoms with Crippen molar-refractivity contribution < 1.29 is 0 Å². The second-order valence-corrected chi connectivity index (χ2v) is 8.09. The van der Waals surface area contributed by atoms with Gasteiger partial charge in [0.15, 0.2) is 0 Å².